The number of aromatic nitrogens is 4. The van der Waals surface area contributed by atoms with Crippen molar-refractivity contribution in [3.63, 3.8) is 0 Å². The molecule has 3 aromatic rings. The number of rotatable bonds is 1. The molecule has 5 heteroatoms. The highest BCUT2D eigenvalue weighted by molar-refractivity contribution is 5.97. The van der Waals surface area contributed by atoms with Crippen LogP contribution in [0.3, 0.4) is 0 Å². The number of Topliss-reactive ketones (excluding diaryl/α,β-unsaturated/α-hetero) is 1. The van der Waals surface area contributed by atoms with E-state index < -0.39 is 0 Å². The topological polar surface area (TPSA) is 71.5 Å². The minimum atomic E-state index is -0.378. The molecule has 0 saturated carbocycles. The number of hydrogen-bond donors (Lipinski definition) is 1. The average molecular weight is 338 g/mol. The molecule has 0 spiro atoms. The fraction of sp³-hybridized carbons (Fsp3) is 0.400. The Hall–Kier alpha value is -2.56. The molecule has 5 nitrogen and oxygen atoms in total. The van der Waals surface area contributed by atoms with E-state index in [0.29, 0.717) is 5.69 Å². The summed E-state index contributed by atoms with van der Waals surface area (Å²) in [7, 11) is 0. The zero-order valence-corrected chi connectivity index (χ0v) is 15.8. The third kappa shape index (κ3) is 4.72. The van der Waals surface area contributed by atoms with Gasteiger partial charge in [-0.05, 0) is 17.0 Å². The lowest BCUT2D eigenvalue weighted by Gasteiger charge is -2.20. The Balaban J connectivity index is 0.000000186. The summed E-state index contributed by atoms with van der Waals surface area (Å²) in [5, 5.41) is 10.9. The molecule has 0 saturated heterocycles. The number of H-pyrrole nitrogens is 1. The Morgan fingerprint density at radius 3 is 2.24 bits per heavy atom. The van der Waals surface area contributed by atoms with Crippen molar-refractivity contribution in [2.45, 2.75) is 47.0 Å². The van der Waals surface area contributed by atoms with E-state index in [-0.39, 0.29) is 16.6 Å². The van der Waals surface area contributed by atoms with Crippen molar-refractivity contribution in [2.24, 2.45) is 5.41 Å². The molecule has 25 heavy (non-hydrogen) atoms. The van der Waals surface area contributed by atoms with Crippen LogP contribution in [0.4, 0.5) is 0 Å². The number of ketones is 1. The molecule has 0 aliphatic carbocycles. The molecular formula is C20H26N4O. The van der Waals surface area contributed by atoms with Gasteiger partial charge >= 0.3 is 0 Å². The van der Waals surface area contributed by atoms with Gasteiger partial charge in [-0.25, -0.2) is 0 Å². The van der Waals surface area contributed by atoms with E-state index in [1.807, 2.05) is 33.0 Å². The normalized spacial score (nSPS) is 11.8. The van der Waals surface area contributed by atoms with Gasteiger partial charge in [-0.15, -0.1) is 0 Å². The van der Waals surface area contributed by atoms with Crippen LogP contribution >= 0.6 is 0 Å². The number of nitrogens with one attached hydrogen (secondary N) is 1. The number of carbonyl (C=O) groups excluding carboxylic acids is 1. The van der Waals surface area contributed by atoms with E-state index in [1.165, 1.54) is 17.1 Å². The molecule has 1 N–H and O–H groups in total. The van der Waals surface area contributed by atoms with Gasteiger partial charge in [-0.3, -0.25) is 9.78 Å². The molecule has 0 unspecified atom stereocenters. The monoisotopic (exact) mass is 338 g/mol. The van der Waals surface area contributed by atoms with Gasteiger partial charge in [0, 0.05) is 17.0 Å². The molecule has 0 atom stereocenters. The Morgan fingerprint density at radius 2 is 1.68 bits per heavy atom. The van der Waals surface area contributed by atoms with Gasteiger partial charge < -0.3 is 0 Å². The van der Waals surface area contributed by atoms with Gasteiger partial charge in [-0.2, -0.15) is 15.4 Å². The van der Waals surface area contributed by atoms with E-state index in [2.05, 4.69) is 65.4 Å². The van der Waals surface area contributed by atoms with Crippen molar-refractivity contribution in [3.05, 3.63) is 54.0 Å². The fourth-order valence-corrected chi connectivity index (χ4v) is 2.40. The number of nitrogens with zero attached hydrogens (tertiary/aromatic N) is 3. The summed E-state index contributed by atoms with van der Waals surface area (Å²) in [5.41, 5.74) is 2.63. The molecule has 0 aliphatic rings. The van der Waals surface area contributed by atoms with Crippen LogP contribution in [0, 0.1) is 5.41 Å². The number of fused-ring (bicyclic) bond motifs is 1. The summed E-state index contributed by atoms with van der Waals surface area (Å²) in [6.45, 7) is 12.2. The second kappa shape index (κ2) is 7.13. The van der Waals surface area contributed by atoms with E-state index >= 15 is 0 Å². The Labute approximate surface area is 148 Å². The lowest BCUT2D eigenvalue weighted by molar-refractivity contribution is 0.0853. The van der Waals surface area contributed by atoms with Crippen molar-refractivity contribution in [3.8, 4) is 0 Å². The molecule has 0 radical (unpaired) electrons. The Kier molecular flexibility index (Phi) is 5.36. The molecule has 0 aliphatic heterocycles. The van der Waals surface area contributed by atoms with Crippen molar-refractivity contribution >= 4 is 16.7 Å². The number of hydrogen-bond acceptors (Lipinski definition) is 4. The van der Waals surface area contributed by atoms with E-state index in [1.54, 1.807) is 0 Å². The smallest absolute Gasteiger partial charge is 0.190 e. The van der Waals surface area contributed by atoms with E-state index in [0.717, 1.165) is 5.52 Å². The molecular weight excluding hydrogens is 312 g/mol. The summed E-state index contributed by atoms with van der Waals surface area (Å²) in [4.78, 5) is 15.9. The van der Waals surface area contributed by atoms with Crippen LogP contribution < -0.4 is 0 Å². The third-order valence-electron chi connectivity index (χ3n) is 3.77. The first-order valence-corrected chi connectivity index (χ1v) is 8.35. The highest BCUT2D eigenvalue weighted by Crippen LogP contribution is 2.28. The van der Waals surface area contributed by atoms with Crippen LogP contribution in [0.25, 0.3) is 10.9 Å². The van der Waals surface area contributed by atoms with Gasteiger partial charge in [-0.1, -0.05) is 65.8 Å². The third-order valence-corrected chi connectivity index (χ3v) is 3.77. The standard InChI is InChI=1S/C13H15N.C7H11N3O/c1-13(2,3)11-8-4-6-10-7-5-9-14-12(10)11;1-7(2,3)6(11)5-4-8-10-9-5/h4-9H,1-3H3;4H,1-3H3,(H,8,9,10). The first-order chi connectivity index (χ1) is 11.6. The summed E-state index contributed by atoms with van der Waals surface area (Å²) in [6, 6.07) is 10.5. The zero-order valence-electron chi connectivity index (χ0n) is 15.8. The minimum Gasteiger partial charge on any atom is -0.292 e. The van der Waals surface area contributed by atoms with E-state index in [4.69, 9.17) is 0 Å². The molecule has 2 aromatic heterocycles. The quantitative estimate of drug-likeness (QED) is 0.660. The number of pyridine rings is 1. The minimum absolute atomic E-state index is 0.00579. The lowest BCUT2D eigenvalue weighted by Crippen LogP contribution is -2.20. The second-order valence-corrected chi connectivity index (χ2v) is 8.07. The SMILES string of the molecule is CC(C)(C)C(=O)c1cn[nH]n1.CC(C)(C)c1cccc2cccnc12. The molecule has 132 valence electrons. The Morgan fingerprint density at radius 1 is 1.00 bits per heavy atom. The molecule has 0 fully saturated rings. The number of para-hydroxylation sites is 1. The van der Waals surface area contributed by atoms with Crippen LogP contribution in [0.15, 0.2) is 42.7 Å². The first kappa shape index (κ1) is 18.8. The average Bonchev–Trinajstić information content (AvgIpc) is 3.06. The van der Waals surface area contributed by atoms with Gasteiger partial charge in [0.2, 0.25) is 0 Å². The summed E-state index contributed by atoms with van der Waals surface area (Å²) in [6.07, 6.45) is 3.30. The maximum atomic E-state index is 11.4. The maximum absolute atomic E-state index is 11.4. The number of aromatic amines is 1. The van der Waals surface area contributed by atoms with Crippen LogP contribution in [0.5, 0.6) is 0 Å². The molecule has 0 bridgehead atoms. The summed E-state index contributed by atoms with van der Waals surface area (Å²) >= 11 is 0. The van der Waals surface area contributed by atoms with Crippen molar-refractivity contribution in [1.29, 1.82) is 0 Å². The predicted molar refractivity (Wildman–Crippen MR) is 101 cm³/mol. The summed E-state index contributed by atoms with van der Waals surface area (Å²) < 4.78 is 0. The van der Waals surface area contributed by atoms with Crippen LogP contribution in [0.2, 0.25) is 0 Å². The van der Waals surface area contributed by atoms with Crippen LogP contribution in [0.1, 0.15) is 57.6 Å². The van der Waals surface area contributed by atoms with Gasteiger partial charge in [0.15, 0.2) is 5.78 Å². The second-order valence-electron chi connectivity index (χ2n) is 8.07. The molecule has 1 aromatic carbocycles. The van der Waals surface area contributed by atoms with Gasteiger partial charge in [0.1, 0.15) is 5.69 Å². The van der Waals surface area contributed by atoms with E-state index in [9.17, 15) is 4.79 Å². The van der Waals surface area contributed by atoms with Crippen LogP contribution in [-0.2, 0) is 5.41 Å². The van der Waals surface area contributed by atoms with Crippen molar-refractivity contribution in [1.82, 2.24) is 20.4 Å². The number of carbonyl (C=O) groups is 1. The predicted octanol–water partition coefficient (Wildman–Crippen LogP) is 4.57. The van der Waals surface area contributed by atoms with Gasteiger partial charge in [0.25, 0.3) is 0 Å². The van der Waals surface area contributed by atoms with Crippen LogP contribution in [-0.4, -0.2) is 26.2 Å². The zero-order chi connectivity index (χ0) is 18.7. The molecule has 2 heterocycles. The first-order valence-electron chi connectivity index (χ1n) is 8.35. The highest BCUT2D eigenvalue weighted by atomic mass is 16.1. The number of benzene rings is 1. The fourth-order valence-electron chi connectivity index (χ4n) is 2.40. The maximum Gasteiger partial charge on any atom is 0.190 e. The Bertz CT molecular complexity index is 835. The largest absolute Gasteiger partial charge is 0.292 e. The van der Waals surface area contributed by atoms with Crippen molar-refractivity contribution in [2.75, 3.05) is 0 Å². The van der Waals surface area contributed by atoms with Gasteiger partial charge in [0.05, 0.1) is 11.7 Å². The molecule has 0 amide bonds. The molecule has 3 rings (SSSR count). The van der Waals surface area contributed by atoms with Crippen molar-refractivity contribution < 1.29 is 4.79 Å². The lowest BCUT2D eigenvalue weighted by atomic mass is 9.85. The highest BCUT2D eigenvalue weighted by Gasteiger charge is 2.24. The summed E-state index contributed by atoms with van der Waals surface area (Å²) in [5.74, 6) is 0.00579.